The monoisotopic (exact) mass is 380 g/mol. The van der Waals surface area contributed by atoms with Gasteiger partial charge >= 0.3 is 0 Å². The third-order valence-electron chi connectivity index (χ3n) is 4.59. The molecule has 0 saturated heterocycles. The minimum absolute atomic E-state index is 0.179. The van der Waals surface area contributed by atoms with Crippen LogP contribution in [0, 0.1) is 17.2 Å². The molecule has 7 nitrogen and oxygen atoms in total. The third kappa shape index (κ3) is 4.12. The highest BCUT2D eigenvalue weighted by molar-refractivity contribution is 5.91. The Balaban J connectivity index is 1.99. The summed E-state index contributed by atoms with van der Waals surface area (Å²) in [5, 5.41) is 19.2. The van der Waals surface area contributed by atoms with E-state index in [0.29, 0.717) is 24.6 Å². The van der Waals surface area contributed by atoms with Crippen LogP contribution >= 0.6 is 0 Å². The van der Waals surface area contributed by atoms with Gasteiger partial charge in [0.1, 0.15) is 11.5 Å². The van der Waals surface area contributed by atoms with Crippen molar-refractivity contribution in [1.29, 1.82) is 5.26 Å². The van der Waals surface area contributed by atoms with Crippen LogP contribution < -0.4 is 25.4 Å². The smallest absolute Gasteiger partial charge is 0.221 e. The molecule has 0 aromatic heterocycles. The molecule has 0 saturated carbocycles. The molecule has 0 aliphatic carbocycles. The average molecular weight is 380 g/mol. The molecule has 2 aromatic rings. The number of nitrogens with one attached hydrogen (secondary N) is 3. The van der Waals surface area contributed by atoms with Gasteiger partial charge in [0.05, 0.1) is 37.4 Å². The lowest BCUT2D eigenvalue weighted by Gasteiger charge is -2.33. The summed E-state index contributed by atoms with van der Waals surface area (Å²) in [6.07, 6.45) is 0. The van der Waals surface area contributed by atoms with E-state index < -0.39 is 0 Å². The molecular formula is C21H24N4O3. The minimum Gasteiger partial charge on any atom is -0.497 e. The Labute approximate surface area is 164 Å². The van der Waals surface area contributed by atoms with Crippen molar-refractivity contribution in [3.8, 4) is 17.6 Å². The molecule has 1 aliphatic rings. The van der Waals surface area contributed by atoms with Crippen molar-refractivity contribution in [3.63, 3.8) is 0 Å². The molecule has 1 amide bonds. The zero-order valence-corrected chi connectivity index (χ0v) is 16.2. The normalized spacial score (nSPS) is 17.5. The number of rotatable bonds is 6. The number of benzene rings is 2. The quantitative estimate of drug-likeness (QED) is 0.706. The van der Waals surface area contributed by atoms with Gasteiger partial charge in [0.15, 0.2) is 0 Å². The van der Waals surface area contributed by atoms with Crippen molar-refractivity contribution in [2.24, 2.45) is 5.92 Å². The zero-order chi connectivity index (χ0) is 20.1. The van der Waals surface area contributed by atoms with E-state index in [1.807, 2.05) is 43.3 Å². The molecule has 0 bridgehead atoms. The maximum absolute atomic E-state index is 11.6. The summed E-state index contributed by atoms with van der Waals surface area (Å²) in [5.41, 5.74) is 3.26. The van der Waals surface area contributed by atoms with Gasteiger partial charge in [-0.15, -0.1) is 0 Å². The summed E-state index contributed by atoms with van der Waals surface area (Å²) in [7, 11) is 1.62. The summed E-state index contributed by atoms with van der Waals surface area (Å²) in [5.74, 6) is 0.906. The van der Waals surface area contributed by atoms with Crippen LogP contribution in [0.2, 0.25) is 0 Å². The Morgan fingerprint density at radius 2 is 2.07 bits per heavy atom. The van der Waals surface area contributed by atoms with Gasteiger partial charge in [-0.2, -0.15) is 5.26 Å². The van der Waals surface area contributed by atoms with E-state index >= 15 is 0 Å². The van der Waals surface area contributed by atoms with Crippen LogP contribution in [0.25, 0.3) is 0 Å². The fourth-order valence-electron chi connectivity index (χ4n) is 3.29. The van der Waals surface area contributed by atoms with Gasteiger partial charge < -0.3 is 25.4 Å². The van der Waals surface area contributed by atoms with E-state index in [9.17, 15) is 10.1 Å². The molecule has 28 heavy (non-hydrogen) atoms. The number of hydrogen-bond donors (Lipinski definition) is 3. The number of carbonyl (C=O) groups excluding carboxylic acids is 1. The largest absolute Gasteiger partial charge is 0.497 e. The topological polar surface area (TPSA) is 95.4 Å². The van der Waals surface area contributed by atoms with Crippen LogP contribution in [0.4, 0.5) is 17.1 Å². The van der Waals surface area contributed by atoms with Crippen molar-refractivity contribution < 1.29 is 14.3 Å². The van der Waals surface area contributed by atoms with Gasteiger partial charge in [-0.05, 0) is 37.3 Å². The van der Waals surface area contributed by atoms with Crippen LogP contribution in [0.15, 0.2) is 36.4 Å². The Bertz CT molecular complexity index is 890. The fraction of sp³-hybridized carbons (Fsp3) is 0.333. The SMILES string of the molecule is CCOc1cc2c(cc1NC(C)=O)C(Nc1ccc(OC)cc1)C(C#N)CN2. The summed E-state index contributed by atoms with van der Waals surface area (Å²) in [6, 6.07) is 13.4. The molecule has 3 N–H and O–H groups in total. The summed E-state index contributed by atoms with van der Waals surface area (Å²) in [4.78, 5) is 11.6. The van der Waals surface area contributed by atoms with E-state index in [2.05, 4.69) is 22.0 Å². The number of nitrogens with zero attached hydrogens (tertiary/aromatic N) is 1. The highest BCUT2D eigenvalue weighted by Crippen LogP contribution is 2.41. The first-order valence-corrected chi connectivity index (χ1v) is 9.18. The lowest BCUT2D eigenvalue weighted by Crippen LogP contribution is -2.31. The second kappa shape index (κ2) is 8.53. The lowest BCUT2D eigenvalue weighted by atomic mass is 9.88. The predicted octanol–water partition coefficient (Wildman–Crippen LogP) is 3.77. The molecular weight excluding hydrogens is 356 g/mol. The van der Waals surface area contributed by atoms with Crippen LogP contribution in [-0.4, -0.2) is 26.2 Å². The highest BCUT2D eigenvalue weighted by Gasteiger charge is 2.31. The first-order chi connectivity index (χ1) is 13.5. The number of nitriles is 1. The minimum atomic E-state index is -0.280. The predicted molar refractivity (Wildman–Crippen MR) is 109 cm³/mol. The Hall–Kier alpha value is -3.40. The molecule has 1 aliphatic heterocycles. The van der Waals surface area contributed by atoms with Crippen LogP contribution in [0.5, 0.6) is 11.5 Å². The molecule has 2 aromatic carbocycles. The number of methoxy groups -OCH3 is 1. The maximum Gasteiger partial charge on any atom is 0.221 e. The van der Waals surface area contributed by atoms with E-state index in [1.54, 1.807) is 7.11 Å². The first-order valence-electron chi connectivity index (χ1n) is 9.18. The molecule has 3 rings (SSSR count). The van der Waals surface area contributed by atoms with Gasteiger partial charge in [0.25, 0.3) is 0 Å². The van der Waals surface area contributed by atoms with Crippen molar-refractivity contribution in [1.82, 2.24) is 0 Å². The molecule has 7 heteroatoms. The van der Waals surface area contributed by atoms with Gasteiger partial charge in [0, 0.05) is 36.5 Å². The number of amides is 1. The molecule has 2 unspecified atom stereocenters. The average Bonchev–Trinajstić information content (AvgIpc) is 2.69. The zero-order valence-electron chi connectivity index (χ0n) is 16.2. The fourth-order valence-corrected chi connectivity index (χ4v) is 3.29. The molecule has 0 spiro atoms. The highest BCUT2D eigenvalue weighted by atomic mass is 16.5. The van der Waals surface area contributed by atoms with E-state index in [4.69, 9.17) is 9.47 Å². The summed E-state index contributed by atoms with van der Waals surface area (Å²) in [6.45, 7) is 4.35. The Morgan fingerprint density at radius 1 is 1.32 bits per heavy atom. The van der Waals surface area contributed by atoms with Crippen molar-refractivity contribution in [2.45, 2.75) is 19.9 Å². The second-order valence-electron chi connectivity index (χ2n) is 6.52. The van der Waals surface area contributed by atoms with Crippen molar-refractivity contribution >= 4 is 23.0 Å². The molecule has 0 fully saturated rings. The summed E-state index contributed by atoms with van der Waals surface area (Å²) >= 11 is 0. The Kier molecular flexibility index (Phi) is 5.90. The van der Waals surface area contributed by atoms with E-state index in [1.165, 1.54) is 6.92 Å². The lowest BCUT2D eigenvalue weighted by molar-refractivity contribution is -0.114. The maximum atomic E-state index is 11.6. The first kappa shape index (κ1) is 19.4. The van der Waals surface area contributed by atoms with E-state index in [0.717, 1.165) is 22.7 Å². The molecule has 2 atom stereocenters. The number of anilines is 3. The molecule has 146 valence electrons. The second-order valence-corrected chi connectivity index (χ2v) is 6.52. The molecule has 1 heterocycles. The molecule has 0 radical (unpaired) electrons. The van der Waals surface area contributed by atoms with Crippen molar-refractivity contribution in [3.05, 3.63) is 42.0 Å². The van der Waals surface area contributed by atoms with Crippen LogP contribution in [0.3, 0.4) is 0 Å². The van der Waals surface area contributed by atoms with Gasteiger partial charge in [0.2, 0.25) is 5.91 Å². The van der Waals surface area contributed by atoms with E-state index in [-0.39, 0.29) is 17.9 Å². The van der Waals surface area contributed by atoms with Crippen LogP contribution in [0.1, 0.15) is 25.5 Å². The number of hydrogen-bond acceptors (Lipinski definition) is 6. The van der Waals surface area contributed by atoms with Gasteiger partial charge in [-0.1, -0.05) is 0 Å². The Morgan fingerprint density at radius 3 is 2.68 bits per heavy atom. The number of fused-ring (bicyclic) bond motifs is 1. The number of carbonyl (C=O) groups is 1. The van der Waals surface area contributed by atoms with Gasteiger partial charge in [-0.3, -0.25) is 4.79 Å². The van der Waals surface area contributed by atoms with Crippen molar-refractivity contribution in [2.75, 3.05) is 36.2 Å². The summed E-state index contributed by atoms with van der Waals surface area (Å²) < 4.78 is 10.9. The van der Waals surface area contributed by atoms with Gasteiger partial charge in [-0.25, -0.2) is 0 Å². The standard InChI is InChI=1S/C21H24N4O3/c1-4-28-20-10-18-17(9-19(20)24-13(2)26)21(14(11-22)12-23-18)25-15-5-7-16(27-3)8-6-15/h5-10,14,21,23,25H,4,12H2,1-3H3,(H,24,26). The van der Waals surface area contributed by atoms with Crippen LogP contribution in [-0.2, 0) is 4.79 Å². The number of ether oxygens (including phenoxy) is 2. The third-order valence-corrected chi connectivity index (χ3v) is 4.59.